The molecule has 0 spiro atoms. The minimum atomic E-state index is -2.13. The van der Waals surface area contributed by atoms with Gasteiger partial charge in [0.25, 0.3) is 16.7 Å². The van der Waals surface area contributed by atoms with Crippen molar-refractivity contribution in [3.05, 3.63) is 261 Å². The van der Waals surface area contributed by atoms with Crippen molar-refractivity contribution >= 4 is 277 Å². The van der Waals surface area contributed by atoms with E-state index in [1.165, 1.54) is 77.2 Å². The summed E-state index contributed by atoms with van der Waals surface area (Å²) in [6.07, 6.45) is 2.65. The number of aliphatic carboxylic acids is 1. The number of epoxide rings is 1. The number of carboxylic acid groups (broad SMARTS) is 1. The standard InChI is InChI=1S/C29H37IN2O7S.C25H29IN2O7S.C17H22N2O7S.C11H15IO2.C8H7IO.C7H5IO.C3H9IOS.C3H8O.3ClH.Fe/c1-10-37-25(34)22-17(4)21-23(33)32(29(8,9)26(35)39-28(5,6)7)27(36)31(24(21)40-22)15-20(38-16(2)3)18-11-13-19(30)14-12-18;1-7-34-22(30)19-14(4)18-20(29)28(25(5,6)23(31)32)24(33)27(21(18)36-19)12-17(35-13(2)3)15-8-10-16(26)11-9-15;1-7-25-13(21)10-8(2)9-11(27-10)18-15(23)19(12(9)20)16(3,4)14(22)26-17(5,6)24;1-8(2)14-11(7-13)9-3-5-10(12)6-4-9;9-7-3-1-6(2-4-7)8-5-10-8;8-7-3-1-6(5-9)2-4-7;1-6(2,3,4)5;1-3(2)4;;;;/h11-14,16,20H,10,15H2,1-9H3;8-11,13,17H,7,12H2,1-6H3,(H,31,32);24H,7H2,1-6H3,(H,18,23);3-6,8,11,13H,7H2,1-2H3;1-4,8H,5H2;1-5H;1-3H3;3-4H,1-2H3;3*1H;/q;;;;;;;;;;;+3/p-3. The van der Waals surface area contributed by atoms with Crippen molar-refractivity contribution in [2.45, 2.75) is 263 Å². The summed E-state index contributed by atoms with van der Waals surface area (Å²) in [4.78, 5) is 170. The number of H-pyrrole nitrogens is 1. The number of aliphatic hydroxyl groups excluding tert-OH is 2. The number of carboxylic acids is 1. The summed E-state index contributed by atoms with van der Waals surface area (Å²) >= 11 is 14.7. The number of rotatable bonds is 29. The van der Waals surface area contributed by atoms with E-state index in [4.69, 9.17) is 78.0 Å². The molecule has 5 N–H and O–H groups in total. The van der Waals surface area contributed by atoms with Crippen molar-refractivity contribution < 1.29 is 112 Å². The fraction of sp³-hybridized carbons (Fsp3) is 0.466. The molecule has 7 heterocycles. The summed E-state index contributed by atoms with van der Waals surface area (Å²) in [5.74, 6) is -6.57. The van der Waals surface area contributed by atoms with Gasteiger partial charge in [0.15, 0.2) is 0 Å². The number of aldehydes is 1. The number of aromatic nitrogens is 6. The van der Waals surface area contributed by atoms with Crippen molar-refractivity contribution in [2.75, 3.05) is 51.8 Å². The Kier molecular flexibility index (Phi) is 54.8. The SMILES string of the molecule is CC(C)O.CC(C)OC(CO)c1ccc(I)cc1.CCOC(=O)c1sc2[nH]c(=O)n(C(C)(C)C(=O)OC(C)(C)O)c(=O)c2c1C.CCOC(=O)c1sc2c(c1C)c(=O)n(C(C)(C)C(=O)O)c(=O)n2CC(OC(C)C)c1ccc(I)cc1.CCOC(=O)c1sc2c(c1C)c(=O)n(C(C)(C)C(=O)OC(C)(C)C)c(=O)n2CC(OC(C)C)c1ccc(I)cc1.CS(C)(C)(=O)I.Ic1ccc(C2CO2)cc1.O=Cc1ccc(I)cc1.[Cl][Fe]([Cl])[Cl]. The Hall–Kier alpha value is -5.85. The summed E-state index contributed by atoms with van der Waals surface area (Å²) in [6, 6.07) is 39.3. The first-order valence-electron chi connectivity index (χ1n) is 46.5. The average molecular weight is 2940 g/mol. The van der Waals surface area contributed by atoms with Crippen LogP contribution in [0.4, 0.5) is 0 Å². The third-order valence-corrected chi connectivity index (χ3v) is 27.6. The number of ether oxygens (including phenoxy) is 9. The van der Waals surface area contributed by atoms with E-state index >= 15 is 0 Å². The van der Waals surface area contributed by atoms with Crippen LogP contribution in [0.5, 0.6) is 0 Å². The fourth-order valence-corrected chi connectivity index (χ4v) is 18.7. The maximum absolute atomic E-state index is 14.2. The number of carbonyl (C=O) groups excluding carboxylic acids is 6. The first kappa shape index (κ1) is 136. The van der Waals surface area contributed by atoms with E-state index in [0.29, 0.717) is 27.6 Å². The number of nitrogens with one attached hydrogen (secondary N) is 1. The molecule has 0 aliphatic carbocycles. The van der Waals surface area contributed by atoms with E-state index in [-0.39, 0.29) is 110 Å². The van der Waals surface area contributed by atoms with E-state index in [2.05, 4.69) is 142 Å². The van der Waals surface area contributed by atoms with Gasteiger partial charge in [-0.15, -0.1) is 34.0 Å². The van der Waals surface area contributed by atoms with Gasteiger partial charge in [-0.25, -0.2) is 56.9 Å². The summed E-state index contributed by atoms with van der Waals surface area (Å²) in [6.45, 7) is 42.1. The molecular weight excluding hydrogens is 2810 g/mol. The number of thiophene rings is 3. The fourth-order valence-electron chi connectivity index (χ4n) is 13.4. The van der Waals surface area contributed by atoms with Crippen LogP contribution < -0.4 is 33.7 Å². The van der Waals surface area contributed by atoms with E-state index in [0.717, 1.165) is 93.6 Å². The number of hydrogen-bond acceptors (Lipinski definition) is 29. The number of aryl methyl sites for hydroxylation is 3. The van der Waals surface area contributed by atoms with Crippen molar-refractivity contribution in [3.63, 3.8) is 0 Å². The third-order valence-electron chi connectivity index (χ3n) is 20.2. The quantitative estimate of drug-likeness (QED) is 0.00425. The van der Waals surface area contributed by atoms with Crippen molar-refractivity contribution in [2.24, 2.45) is 0 Å². The number of benzene rings is 5. The van der Waals surface area contributed by atoms with Gasteiger partial charge in [0.05, 0.1) is 80.6 Å². The number of aromatic amines is 1. The van der Waals surface area contributed by atoms with Crippen LogP contribution >= 0.6 is 198 Å². The topological polar surface area (TPSA) is 447 Å². The number of nitrogens with zero attached hydrogens (tertiary/aromatic N) is 5. The molecule has 0 saturated carbocycles. The van der Waals surface area contributed by atoms with Crippen LogP contribution in [-0.4, -0.2) is 182 Å². The van der Waals surface area contributed by atoms with Gasteiger partial charge in [-0.1, -0.05) is 66.9 Å². The zero-order valence-electron chi connectivity index (χ0n) is 88.5. The van der Waals surface area contributed by atoms with Crippen molar-refractivity contribution in [3.8, 4) is 0 Å². The second kappa shape index (κ2) is 60.2. The van der Waals surface area contributed by atoms with Gasteiger partial charge < -0.3 is 63.1 Å². The average Bonchev–Trinajstić information content (AvgIpc) is 1.36. The first-order chi connectivity index (χ1) is 69.1. The van der Waals surface area contributed by atoms with E-state index < -0.39 is 127 Å². The van der Waals surface area contributed by atoms with E-state index in [1.807, 2.05) is 148 Å². The van der Waals surface area contributed by atoms with Gasteiger partial charge in [0.1, 0.15) is 82.0 Å². The molecule has 0 amide bonds. The molecular formula is C103H132Cl3FeI6N6O27S4. The predicted octanol–water partition coefficient (Wildman–Crippen LogP) is 21.8. The predicted molar refractivity (Wildman–Crippen MR) is 642 cm³/mol. The Balaban J connectivity index is 0.000000387. The van der Waals surface area contributed by atoms with Gasteiger partial charge in [0.2, 0.25) is 5.79 Å². The summed E-state index contributed by atoms with van der Waals surface area (Å²) in [7, 11) is 14.7. The first-order valence-corrected chi connectivity index (χ1v) is 64.7. The number of halogens is 9. The normalized spacial score (nSPS) is 13.3. The van der Waals surface area contributed by atoms with Crippen LogP contribution in [0.1, 0.15) is 255 Å². The van der Waals surface area contributed by atoms with Crippen molar-refractivity contribution in [1.82, 2.24) is 27.8 Å². The molecule has 5 aromatic carbocycles. The van der Waals surface area contributed by atoms with Crippen molar-refractivity contribution in [1.29, 1.82) is 0 Å². The molecule has 47 heteroatoms. The monoisotopic (exact) mass is 2940 g/mol. The molecule has 1 aliphatic heterocycles. The van der Waals surface area contributed by atoms with Crippen LogP contribution in [0, 0.1) is 38.6 Å². The molecule has 33 nitrogen and oxygen atoms in total. The number of esters is 5. The summed E-state index contributed by atoms with van der Waals surface area (Å²) in [5.41, 5.74) is -4.69. The van der Waals surface area contributed by atoms with Gasteiger partial charge in [-0.2, -0.15) is 0 Å². The second-order valence-corrected chi connectivity index (χ2v) is 66.5. The molecule has 12 rings (SSSR count). The van der Waals surface area contributed by atoms with Crippen LogP contribution in [0.15, 0.2) is 150 Å². The molecule has 6 aromatic heterocycles. The van der Waals surface area contributed by atoms with Crippen LogP contribution in [0.25, 0.3) is 30.6 Å². The zero-order valence-corrected chi connectivity index (χ0v) is 108. The van der Waals surface area contributed by atoms with Gasteiger partial charge in [-0.05, 0) is 391 Å². The summed E-state index contributed by atoms with van der Waals surface area (Å²) < 4.78 is 70.6. The molecule has 150 heavy (non-hydrogen) atoms. The minimum absolute atomic E-state index is 0.00625. The van der Waals surface area contributed by atoms with Crippen LogP contribution in [0.3, 0.4) is 0 Å². The third kappa shape index (κ3) is 42.5. The maximum atomic E-state index is 14.2. The Morgan fingerprint density at radius 2 is 0.787 bits per heavy atom. The van der Waals surface area contributed by atoms with Crippen LogP contribution in [-0.2, 0) is 104 Å². The molecule has 4 atom stereocenters. The molecule has 831 valence electrons. The molecule has 1 fully saturated rings. The van der Waals surface area contributed by atoms with E-state index in [1.54, 1.807) is 107 Å². The van der Waals surface area contributed by atoms with Gasteiger partial charge >= 0.3 is 94.3 Å². The molecule has 0 radical (unpaired) electrons. The number of aliphatic hydroxyl groups is 3. The molecule has 0 bridgehead atoms. The van der Waals surface area contributed by atoms with Gasteiger partial charge in [-0.3, -0.25) is 37.5 Å². The number of carbonyl (C=O) groups is 7. The molecule has 11 aromatic rings. The molecule has 1 aliphatic rings. The van der Waals surface area contributed by atoms with Crippen LogP contribution in [0.2, 0.25) is 0 Å². The Labute approximate surface area is 981 Å². The molecule has 4 unspecified atom stereocenters. The second-order valence-electron chi connectivity index (χ2n) is 38.2. The van der Waals surface area contributed by atoms with E-state index in [9.17, 15) is 81.9 Å². The molecule has 1 saturated heterocycles. The number of hydrogen-bond donors (Lipinski definition) is 5. The van der Waals surface area contributed by atoms with Gasteiger partial charge in [0, 0.05) is 64.6 Å². The Morgan fingerprint density at radius 3 is 1.09 bits per heavy atom. The Morgan fingerprint density at radius 1 is 0.500 bits per heavy atom. The number of fused-ring (bicyclic) bond motifs is 3. The summed E-state index contributed by atoms with van der Waals surface area (Å²) in [5, 5.41) is 37.2. The zero-order chi connectivity index (χ0) is 115. The Bertz CT molecular complexity index is 6880.